The molecule has 1 aromatic heterocycles. The van der Waals surface area contributed by atoms with E-state index in [1.54, 1.807) is 18.4 Å². The maximum atomic E-state index is 12.1. The van der Waals surface area contributed by atoms with Gasteiger partial charge in [0.05, 0.1) is 12.8 Å². The summed E-state index contributed by atoms with van der Waals surface area (Å²) < 4.78 is 5.36. The molecule has 4 heteroatoms. The van der Waals surface area contributed by atoms with Crippen LogP contribution in [0, 0.1) is 0 Å². The van der Waals surface area contributed by atoms with E-state index in [9.17, 15) is 4.79 Å². The highest BCUT2D eigenvalue weighted by Gasteiger charge is 2.10. The predicted molar refractivity (Wildman–Crippen MR) is 88.5 cm³/mol. The molecule has 0 saturated carbocycles. The number of unbranched alkanes of at least 4 members (excludes halogenated alkanes) is 1. The molecule has 21 heavy (non-hydrogen) atoms. The van der Waals surface area contributed by atoms with Gasteiger partial charge >= 0.3 is 0 Å². The first-order valence-corrected chi connectivity index (χ1v) is 8.10. The zero-order valence-corrected chi connectivity index (χ0v) is 13.3. The van der Waals surface area contributed by atoms with E-state index in [-0.39, 0.29) is 5.78 Å². The number of hydrogen-bond acceptors (Lipinski definition) is 4. The Morgan fingerprint density at radius 3 is 2.86 bits per heavy atom. The van der Waals surface area contributed by atoms with Crippen molar-refractivity contribution in [2.75, 3.05) is 12.4 Å². The van der Waals surface area contributed by atoms with Crippen molar-refractivity contribution in [2.45, 2.75) is 32.7 Å². The van der Waals surface area contributed by atoms with Crippen LogP contribution in [-0.2, 0) is 6.54 Å². The Bertz CT molecular complexity index is 578. The average Bonchev–Trinajstić information content (AvgIpc) is 3.03. The van der Waals surface area contributed by atoms with Crippen LogP contribution in [-0.4, -0.2) is 12.9 Å². The lowest BCUT2D eigenvalue weighted by Crippen LogP contribution is -2.04. The van der Waals surface area contributed by atoms with Crippen molar-refractivity contribution in [1.29, 1.82) is 0 Å². The molecule has 1 N–H and O–H groups in total. The van der Waals surface area contributed by atoms with Gasteiger partial charge in [-0.05, 0) is 36.1 Å². The van der Waals surface area contributed by atoms with Gasteiger partial charge in [-0.15, -0.1) is 11.3 Å². The topological polar surface area (TPSA) is 38.3 Å². The summed E-state index contributed by atoms with van der Waals surface area (Å²) >= 11 is 1.71. The number of thiophene rings is 1. The zero-order chi connectivity index (χ0) is 15.1. The number of ketones is 1. The first kappa shape index (κ1) is 15.6. The summed E-state index contributed by atoms with van der Waals surface area (Å²) in [5, 5.41) is 5.41. The van der Waals surface area contributed by atoms with Crippen LogP contribution in [0.5, 0.6) is 5.75 Å². The standard InChI is InChI=1S/C17H21NO2S/c1-3-4-7-16(19)13-8-9-17(20-2)15(11-13)18-12-14-6-5-10-21-14/h5-6,8-11,18H,3-4,7,12H2,1-2H3. The third-order valence-corrected chi connectivity index (χ3v) is 4.19. The van der Waals surface area contributed by atoms with Gasteiger partial charge in [0.25, 0.3) is 0 Å². The molecule has 3 nitrogen and oxygen atoms in total. The lowest BCUT2D eigenvalue weighted by atomic mass is 10.0. The fourth-order valence-corrected chi connectivity index (χ4v) is 2.74. The molecule has 0 saturated heterocycles. The number of hydrogen-bond donors (Lipinski definition) is 1. The Balaban J connectivity index is 2.11. The molecular weight excluding hydrogens is 282 g/mol. The summed E-state index contributed by atoms with van der Waals surface area (Å²) in [7, 11) is 1.64. The molecule has 0 radical (unpaired) electrons. The molecule has 2 aromatic rings. The number of Topliss-reactive ketones (excluding diaryl/α,β-unsaturated/α-hetero) is 1. The molecular formula is C17H21NO2S. The van der Waals surface area contributed by atoms with Crippen molar-refractivity contribution in [1.82, 2.24) is 0 Å². The average molecular weight is 303 g/mol. The van der Waals surface area contributed by atoms with E-state index in [2.05, 4.69) is 23.7 Å². The minimum atomic E-state index is 0.193. The number of methoxy groups -OCH3 is 1. The first-order valence-electron chi connectivity index (χ1n) is 7.22. The van der Waals surface area contributed by atoms with Gasteiger partial charge in [0.15, 0.2) is 5.78 Å². The van der Waals surface area contributed by atoms with E-state index in [0.29, 0.717) is 6.42 Å². The van der Waals surface area contributed by atoms with E-state index in [0.717, 1.165) is 36.4 Å². The molecule has 0 aliphatic carbocycles. The molecule has 0 spiro atoms. The smallest absolute Gasteiger partial charge is 0.162 e. The Morgan fingerprint density at radius 1 is 1.33 bits per heavy atom. The highest BCUT2D eigenvalue weighted by molar-refractivity contribution is 7.09. The number of benzene rings is 1. The third-order valence-electron chi connectivity index (χ3n) is 3.31. The highest BCUT2D eigenvalue weighted by atomic mass is 32.1. The van der Waals surface area contributed by atoms with Crippen molar-refractivity contribution in [2.24, 2.45) is 0 Å². The molecule has 0 amide bonds. The summed E-state index contributed by atoms with van der Waals surface area (Å²) in [4.78, 5) is 13.4. The second-order valence-electron chi connectivity index (χ2n) is 4.87. The van der Waals surface area contributed by atoms with Gasteiger partial charge in [-0.1, -0.05) is 19.4 Å². The molecule has 0 aliphatic rings. The molecule has 0 unspecified atom stereocenters. The van der Waals surface area contributed by atoms with E-state index in [1.165, 1.54) is 4.88 Å². The number of carbonyl (C=O) groups excluding carboxylic acids is 1. The van der Waals surface area contributed by atoms with Crippen LogP contribution in [0.15, 0.2) is 35.7 Å². The molecule has 1 heterocycles. The maximum Gasteiger partial charge on any atom is 0.162 e. The fourth-order valence-electron chi connectivity index (χ4n) is 2.10. The van der Waals surface area contributed by atoms with Crippen LogP contribution in [0.3, 0.4) is 0 Å². The lowest BCUT2D eigenvalue weighted by Gasteiger charge is -2.12. The molecule has 0 aliphatic heterocycles. The quantitative estimate of drug-likeness (QED) is 0.716. The van der Waals surface area contributed by atoms with E-state index < -0.39 is 0 Å². The predicted octanol–water partition coefficient (Wildman–Crippen LogP) is 4.74. The van der Waals surface area contributed by atoms with Gasteiger partial charge in [0.2, 0.25) is 0 Å². The zero-order valence-electron chi connectivity index (χ0n) is 12.5. The van der Waals surface area contributed by atoms with Gasteiger partial charge in [0.1, 0.15) is 5.75 Å². The van der Waals surface area contributed by atoms with Crippen LogP contribution in [0.25, 0.3) is 0 Å². The summed E-state index contributed by atoms with van der Waals surface area (Å²) in [6.07, 6.45) is 2.57. The molecule has 0 fully saturated rings. The fraction of sp³-hybridized carbons (Fsp3) is 0.353. The first-order chi connectivity index (χ1) is 10.2. The minimum absolute atomic E-state index is 0.193. The number of ether oxygens (including phenoxy) is 1. The monoisotopic (exact) mass is 303 g/mol. The van der Waals surface area contributed by atoms with Crippen molar-refractivity contribution < 1.29 is 9.53 Å². The molecule has 112 valence electrons. The second kappa shape index (κ2) is 7.84. The Morgan fingerprint density at radius 2 is 2.19 bits per heavy atom. The van der Waals surface area contributed by atoms with Gasteiger partial charge in [-0.3, -0.25) is 4.79 Å². The summed E-state index contributed by atoms with van der Waals surface area (Å²) in [5.41, 5.74) is 1.62. The lowest BCUT2D eigenvalue weighted by molar-refractivity contribution is 0.0980. The largest absolute Gasteiger partial charge is 0.495 e. The van der Waals surface area contributed by atoms with Crippen molar-refractivity contribution in [3.8, 4) is 5.75 Å². The second-order valence-corrected chi connectivity index (χ2v) is 5.91. The van der Waals surface area contributed by atoms with Gasteiger partial charge in [-0.25, -0.2) is 0 Å². The van der Waals surface area contributed by atoms with E-state index in [1.807, 2.05) is 24.3 Å². The van der Waals surface area contributed by atoms with Crippen LogP contribution in [0.2, 0.25) is 0 Å². The summed E-state index contributed by atoms with van der Waals surface area (Å²) in [5.74, 6) is 0.956. The summed E-state index contributed by atoms with van der Waals surface area (Å²) in [6, 6.07) is 9.71. The van der Waals surface area contributed by atoms with Crippen LogP contribution in [0.1, 0.15) is 41.4 Å². The molecule has 2 rings (SSSR count). The normalized spacial score (nSPS) is 10.4. The molecule has 0 bridgehead atoms. The molecule has 1 aromatic carbocycles. The third kappa shape index (κ3) is 4.33. The Labute approximate surface area is 130 Å². The number of carbonyl (C=O) groups is 1. The SMILES string of the molecule is CCCCC(=O)c1ccc(OC)c(NCc2cccs2)c1. The molecule has 0 atom stereocenters. The maximum absolute atomic E-state index is 12.1. The van der Waals surface area contributed by atoms with E-state index in [4.69, 9.17) is 4.74 Å². The minimum Gasteiger partial charge on any atom is -0.495 e. The number of nitrogens with one attached hydrogen (secondary N) is 1. The van der Waals surface area contributed by atoms with Gasteiger partial charge in [-0.2, -0.15) is 0 Å². The number of rotatable bonds is 8. The van der Waals surface area contributed by atoms with Crippen LogP contribution in [0.4, 0.5) is 5.69 Å². The Hall–Kier alpha value is -1.81. The van der Waals surface area contributed by atoms with E-state index >= 15 is 0 Å². The van der Waals surface area contributed by atoms with Crippen molar-refractivity contribution >= 4 is 22.8 Å². The highest BCUT2D eigenvalue weighted by Crippen LogP contribution is 2.27. The van der Waals surface area contributed by atoms with Crippen LogP contribution < -0.4 is 10.1 Å². The number of anilines is 1. The van der Waals surface area contributed by atoms with Gasteiger partial charge < -0.3 is 10.1 Å². The summed E-state index contributed by atoms with van der Waals surface area (Å²) in [6.45, 7) is 2.83. The van der Waals surface area contributed by atoms with Crippen molar-refractivity contribution in [3.05, 3.63) is 46.2 Å². The Kier molecular flexibility index (Phi) is 5.81. The van der Waals surface area contributed by atoms with Gasteiger partial charge in [0, 0.05) is 23.4 Å². The van der Waals surface area contributed by atoms with Crippen LogP contribution >= 0.6 is 11.3 Å². The van der Waals surface area contributed by atoms with Crippen molar-refractivity contribution in [3.63, 3.8) is 0 Å².